The van der Waals surface area contributed by atoms with Gasteiger partial charge in [-0.3, -0.25) is 0 Å². The summed E-state index contributed by atoms with van der Waals surface area (Å²) in [6.45, 7) is 0. The van der Waals surface area contributed by atoms with Crippen molar-refractivity contribution in [3.8, 4) is 16.9 Å². The van der Waals surface area contributed by atoms with Gasteiger partial charge in [-0.2, -0.15) is 0 Å². The van der Waals surface area contributed by atoms with Crippen LogP contribution in [0.2, 0.25) is 0 Å². The summed E-state index contributed by atoms with van der Waals surface area (Å²) in [5, 5.41) is 0. The van der Waals surface area contributed by atoms with Crippen molar-refractivity contribution in [1.29, 1.82) is 0 Å². The van der Waals surface area contributed by atoms with E-state index in [1.54, 1.807) is 0 Å². The average Bonchev–Trinajstić information content (AvgIpc) is 2.45. The molecule has 0 saturated carbocycles. The molecule has 2 rings (SSSR count). The van der Waals surface area contributed by atoms with Crippen LogP contribution in [0.3, 0.4) is 0 Å². The fraction of sp³-hybridized carbons (Fsp3) is 0.133. The van der Waals surface area contributed by atoms with E-state index in [0.29, 0.717) is 0 Å². The number of methoxy groups -OCH3 is 1. The number of para-hydroxylation sites is 1. The van der Waals surface area contributed by atoms with E-state index in [2.05, 4.69) is 9.47 Å². The molecule has 3 nitrogen and oxygen atoms in total. The predicted octanol–water partition coefficient (Wildman–Crippen LogP) is 4.18. The Morgan fingerprint density at radius 1 is 1.00 bits per heavy atom. The maximum atomic E-state index is 13.9. The molecule has 0 N–H and O–H groups in total. The van der Waals surface area contributed by atoms with Crippen LogP contribution >= 0.6 is 0 Å². The lowest BCUT2D eigenvalue weighted by molar-refractivity contribution is -0.274. The molecule has 0 amide bonds. The Morgan fingerprint density at radius 2 is 1.64 bits per heavy atom. The van der Waals surface area contributed by atoms with Crippen LogP contribution in [0.25, 0.3) is 11.1 Å². The van der Waals surface area contributed by atoms with E-state index in [-0.39, 0.29) is 11.1 Å². The first-order valence-electron chi connectivity index (χ1n) is 6.05. The maximum Gasteiger partial charge on any atom is 0.573 e. The van der Waals surface area contributed by atoms with E-state index >= 15 is 0 Å². The van der Waals surface area contributed by atoms with Crippen molar-refractivity contribution in [3.63, 3.8) is 0 Å². The fourth-order valence-electron chi connectivity index (χ4n) is 1.96. The molecule has 0 heterocycles. The van der Waals surface area contributed by atoms with Gasteiger partial charge in [-0.25, -0.2) is 9.18 Å². The molecule has 22 heavy (non-hydrogen) atoms. The number of carbonyl (C=O) groups excluding carboxylic acids is 1. The van der Waals surface area contributed by atoms with Gasteiger partial charge in [0.1, 0.15) is 17.1 Å². The third-order valence-electron chi connectivity index (χ3n) is 2.81. The van der Waals surface area contributed by atoms with Crippen LogP contribution in [-0.2, 0) is 4.74 Å². The molecule has 0 aliphatic rings. The fourth-order valence-corrected chi connectivity index (χ4v) is 1.96. The lowest BCUT2D eigenvalue weighted by Crippen LogP contribution is -2.18. The van der Waals surface area contributed by atoms with Gasteiger partial charge in [0.25, 0.3) is 0 Å². The molecule has 0 spiro atoms. The summed E-state index contributed by atoms with van der Waals surface area (Å²) in [6, 6.07) is 8.77. The van der Waals surface area contributed by atoms with E-state index in [1.807, 2.05) is 0 Å². The summed E-state index contributed by atoms with van der Waals surface area (Å²) in [5.41, 5.74) is -0.574. The van der Waals surface area contributed by atoms with E-state index < -0.39 is 29.5 Å². The Labute approximate surface area is 123 Å². The average molecular weight is 314 g/mol. The molecule has 7 heteroatoms. The molecule has 2 aromatic rings. The van der Waals surface area contributed by atoms with Crippen LogP contribution in [0.1, 0.15) is 10.4 Å². The minimum atomic E-state index is -4.91. The Kier molecular flexibility index (Phi) is 4.35. The SMILES string of the molecule is COC(=O)c1c(F)cccc1-c1ccccc1OC(F)(F)F. The van der Waals surface area contributed by atoms with Crippen molar-refractivity contribution in [1.82, 2.24) is 0 Å². The van der Waals surface area contributed by atoms with Crippen molar-refractivity contribution in [2.24, 2.45) is 0 Å². The zero-order valence-electron chi connectivity index (χ0n) is 11.3. The van der Waals surface area contributed by atoms with Crippen LogP contribution in [0, 0.1) is 5.82 Å². The van der Waals surface area contributed by atoms with Crippen LogP contribution < -0.4 is 4.74 Å². The molecule has 0 aliphatic carbocycles. The smallest absolute Gasteiger partial charge is 0.465 e. The second-order valence-electron chi connectivity index (χ2n) is 4.20. The highest BCUT2D eigenvalue weighted by atomic mass is 19.4. The molecule has 0 atom stereocenters. The van der Waals surface area contributed by atoms with Gasteiger partial charge in [0.05, 0.1) is 7.11 Å². The summed E-state index contributed by atoms with van der Waals surface area (Å²) in [6.07, 6.45) is -4.91. The number of hydrogen-bond acceptors (Lipinski definition) is 3. The maximum absolute atomic E-state index is 13.9. The van der Waals surface area contributed by atoms with Gasteiger partial charge >= 0.3 is 12.3 Å². The molecule has 0 unspecified atom stereocenters. The van der Waals surface area contributed by atoms with Crippen LogP contribution in [-0.4, -0.2) is 19.4 Å². The number of benzene rings is 2. The number of ether oxygens (including phenoxy) is 2. The molecular formula is C15H10F4O3. The van der Waals surface area contributed by atoms with Crippen LogP contribution in [0.15, 0.2) is 42.5 Å². The number of carbonyl (C=O) groups is 1. The van der Waals surface area contributed by atoms with Gasteiger partial charge in [0, 0.05) is 11.1 Å². The van der Waals surface area contributed by atoms with Crippen molar-refractivity contribution in [2.75, 3.05) is 7.11 Å². The van der Waals surface area contributed by atoms with E-state index in [1.165, 1.54) is 30.3 Å². The lowest BCUT2D eigenvalue weighted by atomic mass is 9.98. The molecule has 0 radical (unpaired) electrons. The molecule has 0 bridgehead atoms. The first-order chi connectivity index (χ1) is 10.3. The Hall–Kier alpha value is -2.57. The highest BCUT2D eigenvalue weighted by Gasteiger charge is 2.32. The Morgan fingerprint density at radius 3 is 2.27 bits per heavy atom. The quantitative estimate of drug-likeness (QED) is 0.630. The van der Waals surface area contributed by atoms with Gasteiger partial charge in [0.15, 0.2) is 0 Å². The summed E-state index contributed by atoms with van der Waals surface area (Å²) < 4.78 is 59.6. The largest absolute Gasteiger partial charge is 0.573 e. The standard InChI is InChI=1S/C15H10F4O3/c1-21-14(20)13-10(6-4-7-11(13)16)9-5-2-3-8-12(9)22-15(17,18)19/h2-8H,1H3. The third kappa shape index (κ3) is 3.36. The van der Waals surface area contributed by atoms with Crippen molar-refractivity contribution < 1.29 is 31.8 Å². The Balaban J connectivity index is 2.63. The van der Waals surface area contributed by atoms with Crippen molar-refractivity contribution in [3.05, 3.63) is 53.8 Å². The summed E-state index contributed by atoms with van der Waals surface area (Å²) >= 11 is 0. The van der Waals surface area contributed by atoms with Gasteiger partial charge in [-0.05, 0) is 12.1 Å². The first kappa shape index (κ1) is 15.8. The number of esters is 1. The number of halogens is 4. The molecule has 2 aromatic carbocycles. The minimum absolute atomic E-state index is 0.0494. The molecule has 0 aromatic heterocycles. The summed E-state index contributed by atoms with van der Waals surface area (Å²) in [5.74, 6) is -2.42. The highest BCUT2D eigenvalue weighted by Crippen LogP contribution is 2.36. The summed E-state index contributed by atoms with van der Waals surface area (Å²) in [4.78, 5) is 11.7. The topological polar surface area (TPSA) is 35.5 Å². The zero-order chi connectivity index (χ0) is 16.3. The van der Waals surface area contributed by atoms with Crippen molar-refractivity contribution >= 4 is 5.97 Å². The number of hydrogen-bond donors (Lipinski definition) is 0. The number of alkyl halides is 3. The van der Waals surface area contributed by atoms with Gasteiger partial charge < -0.3 is 9.47 Å². The van der Waals surface area contributed by atoms with E-state index in [9.17, 15) is 22.4 Å². The molecule has 116 valence electrons. The monoisotopic (exact) mass is 314 g/mol. The second-order valence-corrected chi connectivity index (χ2v) is 4.20. The van der Waals surface area contributed by atoms with Gasteiger partial charge in [0.2, 0.25) is 0 Å². The van der Waals surface area contributed by atoms with E-state index in [0.717, 1.165) is 19.2 Å². The highest BCUT2D eigenvalue weighted by molar-refractivity contribution is 5.98. The second kappa shape index (κ2) is 6.05. The summed E-state index contributed by atoms with van der Waals surface area (Å²) in [7, 11) is 1.05. The minimum Gasteiger partial charge on any atom is -0.465 e. The third-order valence-corrected chi connectivity index (χ3v) is 2.81. The normalized spacial score (nSPS) is 11.1. The van der Waals surface area contributed by atoms with Crippen molar-refractivity contribution in [2.45, 2.75) is 6.36 Å². The Bertz CT molecular complexity index is 695. The molecule has 0 fully saturated rings. The first-order valence-corrected chi connectivity index (χ1v) is 6.05. The van der Waals surface area contributed by atoms with Crippen LogP contribution in [0.4, 0.5) is 17.6 Å². The zero-order valence-corrected chi connectivity index (χ0v) is 11.3. The van der Waals surface area contributed by atoms with E-state index in [4.69, 9.17) is 0 Å². The predicted molar refractivity (Wildman–Crippen MR) is 69.9 cm³/mol. The number of rotatable bonds is 3. The van der Waals surface area contributed by atoms with Crippen LogP contribution in [0.5, 0.6) is 5.75 Å². The van der Waals surface area contributed by atoms with Gasteiger partial charge in [-0.1, -0.05) is 30.3 Å². The van der Waals surface area contributed by atoms with Gasteiger partial charge in [-0.15, -0.1) is 13.2 Å². The molecule has 0 saturated heterocycles. The molecule has 0 aliphatic heterocycles. The lowest BCUT2D eigenvalue weighted by Gasteiger charge is -2.15. The molecular weight excluding hydrogens is 304 g/mol.